The summed E-state index contributed by atoms with van der Waals surface area (Å²) in [5.74, 6) is -0.687. The third-order valence-corrected chi connectivity index (χ3v) is 6.22. The number of aromatic nitrogens is 2. The van der Waals surface area contributed by atoms with Gasteiger partial charge in [0, 0.05) is 24.1 Å². The smallest absolute Gasteiger partial charge is 0.310 e. The van der Waals surface area contributed by atoms with Gasteiger partial charge in [-0.05, 0) is 30.7 Å². The zero-order chi connectivity index (χ0) is 20.4. The molecule has 29 heavy (non-hydrogen) atoms. The second kappa shape index (κ2) is 8.05. The molecule has 1 atom stereocenters. The van der Waals surface area contributed by atoms with E-state index >= 15 is 0 Å². The minimum atomic E-state index is -0.427. The van der Waals surface area contributed by atoms with Crippen LogP contribution in [0.1, 0.15) is 23.5 Å². The molecule has 0 radical (unpaired) electrons. The molecule has 0 fully saturated rings. The van der Waals surface area contributed by atoms with Gasteiger partial charge in [0.1, 0.15) is 5.01 Å². The Morgan fingerprint density at radius 2 is 1.93 bits per heavy atom. The second-order valence-electron chi connectivity index (χ2n) is 6.90. The van der Waals surface area contributed by atoms with Gasteiger partial charge in [0.15, 0.2) is 6.61 Å². The highest BCUT2D eigenvalue weighted by atomic mass is 32.1. The number of H-pyrrole nitrogens is 1. The van der Waals surface area contributed by atoms with Crippen molar-refractivity contribution in [3.05, 3.63) is 65.3 Å². The van der Waals surface area contributed by atoms with Crippen molar-refractivity contribution in [1.82, 2.24) is 14.9 Å². The number of esters is 1. The van der Waals surface area contributed by atoms with Gasteiger partial charge in [0.25, 0.3) is 5.91 Å². The Balaban J connectivity index is 1.35. The van der Waals surface area contributed by atoms with Gasteiger partial charge in [-0.3, -0.25) is 9.59 Å². The standard InChI is InChI=1S/C22H21N3O3S/c1-14(22-24-18-9-5-6-10-19(18)29-22)25(2)20(26)13-28-21(27)11-15-12-23-17-8-4-3-7-16(15)17/h3-10,12,14,23H,11,13H2,1-2H3/t14-/m1/s1. The molecule has 0 unspecified atom stereocenters. The van der Waals surface area contributed by atoms with Crippen LogP contribution in [0, 0.1) is 0 Å². The summed E-state index contributed by atoms with van der Waals surface area (Å²) >= 11 is 1.56. The summed E-state index contributed by atoms with van der Waals surface area (Å²) in [4.78, 5) is 34.0. The molecule has 0 aliphatic heterocycles. The molecule has 4 rings (SSSR count). The van der Waals surface area contributed by atoms with E-state index in [4.69, 9.17) is 4.74 Å². The number of aromatic amines is 1. The van der Waals surface area contributed by atoms with Gasteiger partial charge in [-0.15, -0.1) is 11.3 Å². The quantitative estimate of drug-likeness (QED) is 0.489. The van der Waals surface area contributed by atoms with E-state index in [2.05, 4.69) is 9.97 Å². The zero-order valence-electron chi connectivity index (χ0n) is 16.2. The Kier molecular flexibility index (Phi) is 5.31. The van der Waals surface area contributed by atoms with Crippen molar-refractivity contribution in [3.63, 3.8) is 0 Å². The Hall–Kier alpha value is -3.19. The second-order valence-corrected chi connectivity index (χ2v) is 7.96. The van der Waals surface area contributed by atoms with E-state index in [9.17, 15) is 9.59 Å². The average Bonchev–Trinajstić information content (AvgIpc) is 3.35. The minimum absolute atomic E-state index is 0.119. The first kappa shape index (κ1) is 19.1. The van der Waals surface area contributed by atoms with Crippen LogP contribution in [0.3, 0.4) is 0 Å². The molecule has 0 bridgehead atoms. The lowest BCUT2D eigenvalue weighted by molar-refractivity contribution is -0.151. The van der Waals surface area contributed by atoms with Crippen LogP contribution in [0.2, 0.25) is 0 Å². The van der Waals surface area contributed by atoms with E-state index in [0.29, 0.717) is 0 Å². The summed E-state index contributed by atoms with van der Waals surface area (Å²) in [6.45, 7) is 1.64. The molecular weight excluding hydrogens is 386 g/mol. The number of hydrogen-bond acceptors (Lipinski definition) is 5. The molecule has 0 saturated heterocycles. The summed E-state index contributed by atoms with van der Waals surface area (Å²) in [5.41, 5.74) is 2.75. The molecule has 2 aromatic carbocycles. The first-order valence-corrected chi connectivity index (χ1v) is 10.2. The van der Waals surface area contributed by atoms with Crippen LogP contribution in [0.5, 0.6) is 0 Å². The van der Waals surface area contributed by atoms with Gasteiger partial charge in [0.2, 0.25) is 0 Å². The molecule has 2 aromatic heterocycles. The fraction of sp³-hybridized carbons (Fsp3) is 0.227. The largest absolute Gasteiger partial charge is 0.455 e. The number of fused-ring (bicyclic) bond motifs is 2. The van der Waals surface area contributed by atoms with Gasteiger partial charge >= 0.3 is 5.97 Å². The monoisotopic (exact) mass is 407 g/mol. The van der Waals surface area contributed by atoms with Crippen molar-refractivity contribution >= 4 is 44.3 Å². The highest BCUT2D eigenvalue weighted by Crippen LogP contribution is 2.28. The van der Waals surface area contributed by atoms with E-state index < -0.39 is 5.97 Å². The highest BCUT2D eigenvalue weighted by molar-refractivity contribution is 7.18. The SMILES string of the molecule is C[C@H](c1nc2ccccc2s1)N(C)C(=O)COC(=O)Cc1c[nH]c2ccccc12. The van der Waals surface area contributed by atoms with Crippen LogP contribution in [0.25, 0.3) is 21.1 Å². The van der Waals surface area contributed by atoms with Gasteiger partial charge < -0.3 is 14.6 Å². The maximum absolute atomic E-state index is 12.5. The lowest BCUT2D eigenvalue weighted by Gasteiger charge is -2.23. The predicted octanol–water partition coefficient (Wildman–Crippen LogP) is 4.08. The van der Waals surface area contributed by atoms with Crippen molar-refractivity contribution in [2.75, 3.05) is 13.7 Å². The maximum Gasteiger partial charge on any atom is 0.310 e. The number of benzene rings is 2. The van der Waals surface area contributed by atoms with E-state index in [-0.39, 0.29) is 25.0 Å². The molecule has 0 saturated carbocycles. The molecule has 6 nitrogen and oxygen atoms in total. The fourth-order valence-corrected chi connectivity index (χ4v) is 4.24. The first-order valence-electron chi connectivity index (χ1n) is 9.34. The van der Waals surface area contributed by atoms with Crippen molar-refractivity contribution in [2.24, 2.45) is 0 Å². The Morgan fingerprint density at radius 3 is 2.76 bits per heavy atom. The number of nitrogens with one attached hydrogen (secondary N) is 1. The van der Waals surface area contributed by atoms with Crippen molar-refractivity contribution < 1.29 is 14.3 Å². The van der Waals surface area contributed by atoms with Crippen LogP contribution in [-0.2, 0) is 20.7 Å². The minimum Gasteiger partial charge on any atom is -0.455 e. The Labute approximate surface area is 172 Å². The molecule has 1 amide bonds. The number of carbonyl (C=O) groups is 2. The molecule has 4 aromatic rings. The number of ether oxygens (including phenoxy) is 1. The number of likely N-dealkylation sites (N-methyl/N-ethyl adjacent to an activating group) is 1. The number of para-hydroxylation sites is 2. The van der Waals surface area contributed by atoms with Crippen LogP contribution >= 0.6 is 11.3 Å². The molecule has 7 heteroatoms. The lowest BCUT2D eigenvalue weighted by Crippen LogP contribution is -2.33. The number of hydrogen-bond donors (Lipinski definition) is 1. The molecular formula is C22H21N3O3S. The first-order chi connectivity index (χ1) is 14.0. The molecule has 2 heterocycles. The molecule has 0 aliphatic rings. The normalized spacial score (nSPS) is 12.2. The number of carbonyl (C=O) groups excluding carboxylic acids is 2. The summed E-state index contributed by atoms with van der Waals surface area (Å²) in [7, 11) is 1.70. The summed E-state index contributed by atoms with van der Waals surface area (Å²) < 4.78 is 6.31. The number of thiazole rings is 1. The maximum atomic E-state index is 12.5. The van der Waals surface area contributed by atoms with Crippen LogP contribution < -0.4 is 0 Å². The lowest BCUT2D eigenvalue weighted by atomic mass is 10.1. The van der Waals surface area contributed by atoms with Gasteiger partial charge in [-0.1, -0.05) is 30.3 Å². The van der Waals surface area contributed by atoms with Crippen LogP contribution in [0.4, 0.5) is 0 Å². The summed E-state index contributed by atoms with van der Waals surface area (Å²) in [6, 6.07) is 15.4. The molecule has 0 spiro atoms. The molecule has 148 valence electrons. The van der Waals surface area contributed by atoms with Gasteiger partial charge in [-0.2, -0.15) is 0 Å². The van der Waals surface area contributed by atoms with Gasteiger partial charge in [-0.25, -0.2) is 4.98 Å². The van der Waals surface area contributed by atoms with E-state index in [0.717, 1.165) is 31.7 Å². The third kappa shape index (κ3) is 4.00. The van der Waals surface area contributed by atoms with Crippen LogP contribution in [-0.4, -0.2) is 40.4 Å². The molecule has 1 N–H and O–H groups in total. The predicted molar refractivity (Wildman–Crippen MR) is 114 cm³/mol. The van der Waals surface area contributed by atoms with Crippen molar-refractivity contribution in [3.8, 4) is 0 Å². The van der Waals surface area contributed by atoms with Gasteiger partial charge in [0.05, 0.1) is 22.7 Å². The van der Waals surface area contributed by atoms with E-state index in [1.54, 1.807) is 29.5 Å². The third-order valence-electron chi connectivity index (χ3n) is 5.01. The fourth-order valence-electron chi connectivity index (χ4n) is 3.18. The highest BCUT2D eigenvalue weighted by Gasteiger charge is 2.22. The average molecular weight is 407 g/mol. The number of nitrogens with zero attached hydrogens (tertiary/aromatic N) is 2. The Morgan fingerprint density at radius 1 is 1.17 bits per heavy atom. The molecule has 0 aliphatic carbocycles. The number of rotatable bonds is 6. The topological polar surface area (TPSA) is 75.3 Å². The number of amides is 1. The van der Waals surface area contributed by atoms with Crippen molar-refractivity contribution in [2.45, 2.75) is 19.4 Å². The zero-order valence-corrected chi connectivity index (χ0v) is 17.0. The van der Waals surface area contributed by atoms with Crippen molar-refractivity contribution in [1.29, 1.82) is 0 Å². The van der Waals surface area contributed by atoms with E-state index in [1.807, 2.05) is 55.5 Å². The summed E-state index contributed by atoms with van der Waals surface area (Å²) in [5, 5.41) is 1.84. The van der Waals surface area contributed by atoms with Crippen LogP contribution in [0.15, 0.2) is 54.7 Å². The Bertz CT molecular complexity index is 1150. The van der Waals surface area contributed by atoms with E-state index in [1.165, 1.54) is 0 Å². The summed E-state index contributed by atoms with van der Waals surface area (Å²) in [6.07, 6.45) is 1.92.